The first-order valence-corrected chi connectivity index (χ1v) is 10.3. The number of carbonyl (C=O) groups excluding carboxylic acids is 1. The van der Waals surface area contributed by atoms with Crippen LogP contribution in [0.5, 0.6) is 0 Å². The molecular weight excluding hydrogens is 362 g/mol. The average Bonchev–Trinajstić information content (AvgIpc) is 3.29. The van der Waals surface area contributed by atoms with Gasteiger partial charge in [-0.25, -0.2) is 0 Å². The molecule has 2 aromatic heterocycles. The van der Waals surface area contributed by atoms with Gasteiger partial charge in [-0.1, -0.05) is 18.2 Å². The number of carbonyl (C=O) groups is 1. The molecule has 0 spiro atoms. The van der Waals surface area contributed by atoms with Gasteiger partial charge in [-0.2, -0.15) is 0 Å². The van der Waals surface area contributed by atoms with Gasteiger partial charge < -0.3 is 4.90 Å². The van der Waals surface area contributed by atoms with Crippen molar-refractivity contribution in [1.29, 1.82) is 0 Å². The number of likely N-dealkylation sites (tertiary alicyclic amines) is 1. The minimum Gasteiger partial charge on any atom is -0.338 e. The third-order valence-electron chi connectivity index (χ3n) is 6.27. The van der Waals surface area contributed by atoms with E-state index >= 15 is 0 Å². The number of rotatable bonds is 3. The second-order valence-corrected chi connectivity index (χ2v) is 7.97. The Morgan fingerprint density at radius 2 is 1.93 bits per heavy atom. The number of pyridine rings is 2. The van der Waals surface area contributed by atoms with Crippen molar-refractivity contribution in [2.24, 2.45) is 5.92 Å². The quantitative estimate of drug-likeness (QED) is 0.723. The summed E-state index contributed by atoms with van der Waals surface area (Å²) in [5.41, 5.74) is 9.60. The number of hydrazine groups is 1. The number of benzene rings is 1. The Labute approximate surface area is 170 Å². The Balaban J connectivity index is 1.37. The molecule has 2 N–H and O–H groups in total. The minimum atomic E-state index is 0.0883. The van der Waals surface area contributed by atoms with Crippen LogP contribution in [0.25, 0.3) is 10.9 Å². The second kappa shape index (κ2) is 7.89. The van der Waals surface area contributed by atoms with Gasteiger partial charge in [-0.05, 0) is 48.6 Å². The van der Waals surface area contributed by atoms with E-state index in [0.29, 0.717) is 23.4 Å². The maximum absolute atomic E-state index is 13.4. The van der Waals surface area contributed by atoms with Gasteiger partial charge >= 0.3 is 0 Å². The molecule has 0 radical (unpaired) electrons. The molecule has 3 unspecified atom stereocenters. The van der Waals surface area contributed by atoms with Crippen molar-refractivity contribution in [2.45, 2.75) is 24.8 Å². The van der Waals surface area contributed by atoms with Crippen molar-refractivity contribution in [3.63, 3.8) is 0 Å². The fourth-order valence-electron chi connectivity index (χ4n) is 4.83. The van der Waals surface area contributed by atoms with E-state index < -0.39 is 0 Å². The Kier molecular flexibility index (Phi) is 4.96. The molecule has 1 aromatic carbocycles. The van der Waals surface area contributed by atoms with Gasteiger partial charge in [0.25, 0.3) is 5.91 Å². The summed E-state index contributed by atoms with van der Waals surface area (Å²) in [6, 6.07) is 14.3. The normalized spacial score (nSPS) is 24.7. The number of nitrogens with zero attached hydrogens (tertiary/aromatic N) is 3. The number of para-hydroxylation sites is 1. The van der Waals surface area contributed by atoms with Gasteiger partial charge in [-0.15, -0.1) is 0 Å². The molecule has 2 aliphatic heterocycles. The van der Waals surface area contributed by atoms with Crippen molar-refractivity contribution < 1.29 is 4.79 Å². The van der Waals surface area contributed by atoms with E-state index in [1.165, 1.54) is 5.56 Å². The van der Waals surface area contributed by atoms with Crippen molar-refractivity contribution in [1.82, 2.24) is 25.7 Å². The zero-order valence-corrected chi connectivity index (χ0v) is 16.3. The predicted octanol–water partition coefficient (Wildman–Crippen LogP) is 2.74. The van der Waals surface area contributed by atoms with Crippen LogP contribution in [-0.2, 0) is 0 Å². The SMILES string of the molecule is O=C(c1cccc2cccnc12)N1CCCC(C2NNCC2c2ccncc2)C1. The molecule has 2 aliphatic rings. The van der Waals surface area contributed by atoms with Crippen molar-refractivity contribution in [2.75, 3.05) is 19.6 Å². The van der Waals surface area contributed by atoms with Crippen molar-refractivity contribution in [3.05, 3.63) is 72.2 Å². The molecule has 5 rings (SSSR count). The Bertz CT molecular complexity index is 1000. The van der Waals surface area contributed by atoms with E-state index in [0.717, 1.165) is 43.4 Å². The molecule has 0 bridgehead atoms. The lowest BCUT2D eigenvalue weighted by Gasteiger charge is -2.37. The molecule has 0 saturated carbocycles. The molecule has 2 saturated heterocycles. The minimum absolute atomic E-state index is 0.0883. The molecule has 6 heteroatoms. The van der Waals surface area contributed by atoms with Crippen LogP contribution in [0.1, 0.15) is 34.7 Å². The van der Waals surface area contributed by atoms with Gasteiger partial charge in [0, 0.05) is 55.6 Å². The highest BCUT2D eigenvalue weighted by atomic mass is 16.2. The van der Waals surface area contributed by atoms with E-state index in [2.05, 4.69) is 33.0 Å². The molecule has 2 fully saturated rings. The first-order valence-electron chi connectivity index (χ1n) is 10.3. The third kappa shape index (κ3) is 3.50. The van der Waals surface area contributed by atoms with Gasteiger partial charge in [0.05, 0.1) is 11.1 Å². The highest BCUT2D eigenvalue weighted by Gasteiger charge is 2.37. The topological polar surface area (TPSA) is 70.2 Å². The first kappa shape index (κ1) is 18.2. The summed E-state index contributed by atoms with van der Waals surface area (Å²) in [6.07, 6.45) is 7.61. The fraction of sp³-hybridized carbons (Fsp3) is 0.348. The number of fused-ring (bicyclic) bond motifs is 1. The first-order chi connectivity index (χ1) is 14.3. The van der Waals surface area contributed by atoms with Crippen LogP contribution < -0.4 is 10.9 Å². The van der Waals surface area contributed by atoms with E-state index in [1.807, 2.05) is 47.6 Å². The summed E-state index contributed by atoms with van der Waals surface area (Å²) < 4.78 is 0. The molecule has 1 amide bonds. The third-order valence-corrected chi connectivity index (χ3v) is 6.27. The summed E-state index contributed by atoms with van der Waals surface area (Å²) in [4.78, 5) is 24.0. The second-order valence-electron chi connectivity index (χ2n) is 7.97. The molecule has 29 heavy (non-hydrogen) atoms. The number of hydrogen-bond donors (Lipinski definition) is 2. The van der Waals surface area contributed by atoms with E-state index in [-0.39, 0.29) is 5.91 Å². The lowest BCUT2D eigenvalue weighted by Crippen LogP contribution is -2.48. The maximum Gasteiger partial charge on any atom is 0.256 e. The smallest absolute Gasteiger partial charge is 0.256 e. The van der Waals surface area contributed by atoms with Gasteiger partial charge in [0.1, 0.15) is 0 Å². The average molecular weight is 387 g/mol. The van der Waals surface area contributed by atoms with Gasteiger partial charge in [-0.3, -0.25) is 25.6 Å². The summed E-state index contributed by atoms with van der Waals surface area (Å²) in [6.45, 7) is 2.47. The van der Waals surface area contributed by atoms with Crippen LogP contribution in [0.15, 0.2) is 61.1 Å². The van der Waals surface area contributed by atoms with Crippen LogP contribution in [-0.4, -0.2) is 46.5 Å². The highest BCUT2D eigenvalue weighted by molar-refractivity contribution is 6.05. The Hall–Kier alpha value is -2.83. The number of aromatic nitrogens is 2. The molecule has 148 valence electrons. The number of amides is 1. The largest absolute Gasteiger partial charge is 0.338 e. The zero-order valence-electron chi connectivity index (χ0n) is 16.3. The standard InChI is InChI=1S/C23H25N5O/c29-23(19-7-1-4-17-5-2-10-25-21(17)19)28-13-3-6-18(15-28)22-20(14-26-27-22)16-8-11-24-12-9-16/h1-2,4-5,7-12,18,20,22,26-27H,3,6,13-15H2. The summed E-state index contributed by atoms with van der Waals surface area (Å²) in [5, 5.41) is 1.01. The van der Waals surface area contributed by atoms with E-state index in [9.17, 15) is 4.79 Å². The van der Waals surface area contributed by atoms with Gasteiger partial charge in [0.15, 0.2) is 0 Å². The summed E-state index contributed by atoms with van der Waals surface area (Å²) in [7, 11) is 0. The van der Waals surface area contributed by atoms with E-state index in [4.69, 9.17) is 0 Å². The molecule has 4 heterocycles. The molecule has 3 atom stereocenters. The monoisotopic (exact) mass is 387 g/mol. The predicted molar refractivity (Wildman–Crippen MR) is 112 cm³/mol. The Morgan fingerprint density at radius 1 is 1.07 bits per heavy atom. The fourth-order valence-corrected chi connectivity index (χ4v) is 4.83. The van der Waals surface area contributed by atoms with Crippen LogP contribution in [0, 0.1) is 5.92 Å². The molecular formula is C23H25N5O. The Morgan fingerprint density at radius 3 is 2.83 bits per heavy atom. The molecule has 0 aliphatic carbocycles. The number of nitrogens with one attached hydrogen (secondary N) is 2. The molecule has 3 aromatic rings. The van der Waals surface area contributed by atoms with E-state index in [1.54, 1.807) is 6.20 Å². The lowest BCUT2D eigenvalue weighted by atomic mass is 9.81. The van der Waals surface area contributed by atoms with Crippen molar-refractivity contribution >= 4 is 16.8 Å². The number of hydrogen-bond acceptors (Lipinski definition) is 5. The maximum atomic E-state index is 13.4. The van der Waals surface area contributed by atoms with Crippen LogP contribution in [0.2, 0.25) is 0 Å². The lowest BCUT2D eigenvalue weighted by molar-refractivity contribution is 0.0646. The van der Waals surface area contributed by atoms with Crippen LogP contribution >= 0.6 is 0 Å². The van der Waals surface area contributed by atoms with Crippen LogP contribution in [0.4, 0.5) is 0 Å². The highest BCUT2D eigenvalue weighted by Crippen LogP contribution is 2.32. The molecule has 6 nitrogen and oxygen atoms in total. The van der Waals surface area contributed by atoms with Crippen molar-refractivity contribution in [3.8, 4) is 0 Å². The summed E-state index contributed by atoms with van der Waals surface area (Å²) >= 11 is 0. The van der Waals surface area contributed by atoms with Gasteiger partial charge in [0.2, 0.25) is 0 Å². The zero-order chi connectivity index (χ0) is 19.6. The number of piperidine rings is 1. The summed E-state index contributed by atoms with van der Waals surface area (Å²) in [5.74, 6) is 0.881. The van der Waals surface area contributed by atoms with Crippen LogP contribution in [0.3, 0.4) is 0 Å².